The van der Waals surface area contributed by atoms with Crippen LogP contribution in [0.2, 0.25) is 0 Å². The number of amides is 1. The molecule has 1 amide bonds. The minimum absolute atomic E-state index is 0.468. The van der Waals surface area contributed by atoms with Crippen molar-refractivity contribution in [3.05, 3.63) is 64.1 Å². The predicted molar refractivity (Wildman–Crippen MR) is 89.0 cm³/mol. The van der Waals surface area contributed by atoms with E-state index in [2.05, 4.69) is 21.2 Å². The Labute approximate surface area is 140 Å². The number of anilines is 1. The van der Waals surface area contributed by atoms with Gasteiger partial charge in [0.05, 0.1) is 5.69 Å². The van der Waals surface area contributed by atoms with Crippen LogP contribution in [-0.2, 0) is 9.59 Å². The lowest BCUT2D eigenvalue weighted by molar-refractivity contribution is -0.131. The molecule has 0 bridgehead atoms. The summed E-state index contributed by atoms with van der Waals surface area (Å²) >= 11 is 3.39. The van der Waals surface area contributed by atoms with Crippen molar-refractivity contribution in [2.45, 2.75) is 6.10 Å². The van der Waals surface area contributed by atoms with E-state index in [1.165, 1.54) is 0 Å². The summed E-state index contributed by atoms with van der Waals surface area (Å²) < 4.78 is 0.650. The van der Waals surface area contributed by atoms with Crippen molar-refractivity contribution in [1.82, 2.24) is 0 Å². The molecule has 116 valence electrons. The van der Waals surface area contributed by atoms with Crippen molar-refractivity contribution in [3.8, 4) is 11.1 Å². The highest BCUT2D eigenvalue weighted by molar-refractivity contribution is 9.10. The Morgan fingerprint density at radius 2 is 1.83 bits per heavy atom. The first kappa shape index (κ1) is 15.5. The van der Waals surface area contributed by atoms with Crippen LogP contribution in [0.4, 0.5) is 5.69 Å². The van der Waals surface area contributed by atoms with E-state index in [0.717, 1.165) is 28.8 Å². The third-order valence-corrected chi connectivity index (χ3v) is 4.27. The number of aliphatic hydroxyl groups is 1. The molecule has 1 unspecified atom stereocenters. The van der Waals surface area contributed by atoms with Gasteiger partial charge >= 0.3 is 5.97 Å². The molecule has 0 heterocycles. The van der Waals surface area contributed by atoms with Gasteiger partial charge in [0.1, 0.15) is 6.10 Å². The number of carbonyl (C=O) groups is 2. The minimum Gasteiger partial charge on any atom is -0.478 e. The molecule has 3 N–H and O–H groups in total. The number of benzene rings is 2. The molecule has 5 nitrogen and oxygen atoms in total. The van der Waals surface area contributed by atoms with Crippen molar-refractivity contribution >= 4 is 33.5 Å². The normalized spacial score (nSPS) is 15.3. The molecule has 6 heteroatoms. The second kappa shape index (κ2) is 5.98. The molecule has 23 heavy (non-hydrogen) atoms. The molecule has 0 aromatic heterocycles. The van der Waals surface area contributed by atoms with E-state index in [9.17, 15) is 14.7 Å². The van der Waals surface area contributed by atoms with Gasteiger partial charge in [-0.25, -0.2) is 4.79 Å². The van der Waals surface area contributed by atoms with Crippen LogP contribution in [0, 0.1) is 0 Å². The van der Waals surface area contributed by atoms with Gasteiger partial charge in [-0.05, 0) is 50.3 Å². The van der Waals surface area contributed by atoms with Gasteiger partial charge in [0.25, 0.3) is 0 Å². The van der Waals surface area contributed by atoms with Crippen LogP contribution in [-0.4, -0.2) is 22.1 Å². The summed E-state index contributed by atoms with van der Waals surface area (Å²) in [6, 6.07) is 11.1. The Kier molecular flexibility index (Phi) is 4.02. The molecule has 0 radical (unpaired) electrons. The topological polar surface area (TPSA) is 86.6 Å². The molecule has 1 atom stereocenters. The summed E-state index contributed by atoms with van der Waals surface area (Å²) in [6.07, 6.45) is 0.952. The molecule has 0 fully saturated rings. The molecule has 0 spiro atoms. The third kappa shape index (κ3) is 2.91. The summed E-state index contributed by atoms with van der Waals surface area (Å²) in [5.74, 6) is -1.75. The summed E-state index contributed by atoms with van der Waals surface area (Å²) in [7, 11) is 0. The van der Waals surface area contributed by atoms with E-state index in [-0.39, 0.29) is 0 Å². The Bertz CT molecular complexity index is 844. The molecular formula is C17H12BrNO4. The van der Waals surface area contributed by atoms with Crippen LogP contribution in [0.15, 0.2) is 53.0 Å². The number of carboxylic acids is 1. The predicted octanol–water partition coefficient (Wildman–Crippen LogP) is 3.09. The summed E-state index contributed by atoms with van der Waals surface area (Å²) in [4.78, 5) is 22.2. The van der Waals surface area contributed by atoms with E-state index < -0.39 is 18.0 Å². The molecule has 0 saturated heterocycles. The maximum atomic E-state index is 11.7. The zero-order chi connectivity index (χ0) is 16.6. The smallest absolute Gasteiger partial charge is 0.328 e. The fraction of sp³-hybridized carbons (Fsp3) is 0.0588. The number of aliphatic carboxylic acids is 1. The number of aliphatic hydroxyl groups excluding tert-OH is 1. The first-order valence-corrected chi connectivity index (χ1v) is 7.59. The molecule has 2 aromatic rings. The number of rotatable bonds is 3. The average Bonchev–Trinajstić information content (AvgIpc) is 2.79. The lowest BCUT2D eigenvalue weighted by Gasteiger charge is -2.11. The molecular weight excluding hydrogens is 362 g/mol. The molecule has 0 saturated carbocycles. The minimum atomic E-state index is -1.20. The fourth-order valence-electron chi connectivity index (χ4n) is 2.61. The van der Waals surface area contributed by atoms with E-state index >= 15 is 0 Å². The van der Waals surface area contributed by atoms with E-state index in [1.54, 1.807) is 6.07 Å². The maximum absolute atomic E-state index is 11.7. The van der Waals surface area contributed by atoms with Crippen LogP contribution in [0.1, 0.15) is 17.2 Å². The van der Waals surface area contributed by atoms with Crippen molar-refractivity contribution < 1.29 is 19.8 Å². The van der Waals surface area contributed by atoms with Gasteiger partial charge in [0.2, 0.25) is 5.91 Å². The number of hydrogen-bond donors (Lipinski definition) is 3. The Morgan fingerprint density at radius 1 is 1.09 bits per heavy atom. The van der Waals surface area contributed by atoms with Crippen molar-refractivity contribution in [2.75, 3.05) is 5.32 Å². The molecule has 1 aliphatic rings. The standard InChI is InChI=1S/C17H12BrNO4/c18-13-7-11-9-3-1-2-4-10(9)17(23)12(11)8-14(13)19-15(20)5-6-16(21)22/h1-8,17,23H,(H,19,20)(H,21,22)/b6-5+. The highest BCUT2D eigenvalue weighted by Crippen LogP contribution is 2.46. The van der Waals surface area contributed by atoms with E-state index in [1.807, 2.05) is 30.3 Å². The van der Waals surface area contributed by atoms with E-state index in [4.69, 9.17) is 5.11 Å². The van der Waals surface area contributed by atoms with Crippen molar-refractivity contribution in [1.29, 1.82) is 0 Å². The second-order valence-electron chi connectivity index (χ2n) is 5.07. The zero-order valence-electron chi connectivity index (χ0n) is 11.8. The Balaban J connectivity index is 1.95. The van der Waals surface area contributed by atoms with Gasteiger partial charge in [-0.3, -0.25) is 4.79 Å². The molecule has 1 aliphatic carbocycles. The van der Waals surface area contributed by atoms with E-state index in [0.29, 0.717) is 15.7 Å². The maximum Gasteiger partial charge on any atom is 0.328 e. The summed E-state index contributed by atoms with van der Waals surface area (Å²) in [5, 5.41) is 21.6. The number of fused-ring (bicyclic) bond motifs is 3. The first-order valence-electron chi connectivity index (χ1n) is 6.80. The van der Waals surface area contributed by atoms with Crippen LogP contribution in [0.3, 0.4) is 0 Å². The largest absolute Gasteiger partial charge is 0.478 e. The molecule has 0 aliphatic heterocycles. The van der Waals surface area contributed by atoms with Crippen molar-refractivity contribution in [3.63, 3.8) is 0 Å². The number of carbonyl (C=O) groups excluding carboxylic acids is 1. The number of halogens is 1. The van der Waals surface area contributed by atoms with Gasteiger partial charge in [-0.1, -0.05) is 24.3 Å². The number of hydrogen-bond acceptors (Lipinski definition) is 3. The first-order chi connectivity index (χ1) is 11.0. The summed E-state index contributed by atoms with van der Waals surface area (Å²) in [6.45, 7) is 0. The zero-order valence-corrected chi connectivity index (χ0v) is 13.4. The summed E-state index contributed by atoms with van der Waals surface area (Å²) in [5.41, 5.74) is 3.85. The Hall–Kier alpha value is -2.44. The van der Waals surface area contributed by atoms with Gasteiger partial charge in [-0.15, -0.1) is 0 Å². The molecule has 2 aromatic carbocycles. The SMILES string of the molecule is O=C(O)/C=C/C(=O)Nc1cc2c(cc1Br)-c1ccccc1C2O. The highest BCUT2D eigenvalue weighted by Gasteiger charge is 2.27. The van der Waals surface area contributed by atoms with Gasteiger partial charge in [0, 0.05) is 16.6 Å². The monoisotopic (exact) mass is 373 g/mol. The van der Waals surface area contributed by atoms with Crippen LogP contribution < -0.4 is 5.32 Å². The van der Waals surface area contributed by atoms with Gasteiger partial charge in [-0.2, -0.15) is 0 Å². The molecule has 3 rings (SSSR count). The quantitative estimate of drug-likeness (QED) is 0.721. The number of nitrogens with one attached hydrogen (secondary N) is 1. The van der Waals surface area contributed by atoms with Crippen molar-refractivity contribution in [2.24, 2.45) is 0 Å². The van der Waals surface area contributed by atoms with Crippen LogP contribution in [0.5, 0.6) is 0 Å². The van der Waals surface area contributed by atoms with Gasteiger partial charge < -0.3 is 15.5 Å². The number of carboxylic acid groups (broad SMARTS) is 1. The van der Waals surface area contributed by atoms with Gasteiger partial charge in [0.15, 0.2) is 0 Å². The highest BCUT2D eigenvalue weighted by atomic mass is 79.9. The average molecular weight is 374 g/mol. The Morgan fingerprint density at radius 3 is 2.57 bits per heavy atom. The van der Waals surface area contributed by atoms with Crippen LogP contribution >= 0.6 is 15.9 Å². The van der Waals surface area contributed by atoms with Crippen LogP contribution in [0.25, 0.3) is 11.1 Å². The second-order valence-corrected chi connectivity index (χ2v) is 5.92. The fourth-order valence-corrected chi connectivity index (χ4v) is 3.06. The lowest BCUT2D eigenvalue weighted by atomic mass is 10.1. The third-order valence-electron chi connectivity index (χ3n) is 3.61. The lowest BCUT2D eigenvalue weighted by Crippen LogP contribution is -2.10.